The number of carbonyl (C=O) groups is 1. The van der Waals surface area contributed by atoms with E-state index in [-0.39, 0.29) is 10.8 Å². The van der Waals surface area contributed by atoms with Gasteiger partial charge in [-0.25, -0.2) is 0 Å². The first-order chi connectivity index (χ1) is 10.1. The van der Waals surface area contributed by atoms with E-state index < -0.39 is 0 Å². The SMILES string of the molecule is CCCCC(C)(CC(C)C)C(=O)C(C)(CCCC)CC(C)C. The summed E-state index contributed by atoms with van der Waals surface area (Å²) < 4.78 is 0. The van der Waals surface area contributed by atoms with Crippen LogP contribution in [-0.4, -0.2) is 5.78 Å². The van der Waals surface area contributed by atoms with Crippen molar-refractivity contribution < 1.29 is 4.79 Å². The number of hydrogen-bond acceptors (Lipinski definition) is 1. The number of rotatable bonds is 12. The summed E-state index contributed by atoms with van der Waals surface area (Å²) in [7, 11) is 0. The predicted octanol–water partition coefficient (Wildman–Crippen LogP) is 7.04. The van der Waals surface area contributed by atoms with Gasteiger partial charge >= 0.3 is 0 Å². The van der Waals surface area contributed by atoms with Crippen LogP contribution in [0.2, 0.25) is 0 Å². The van der Waals surface area contributed by atoms with E-state index in [1.54, 1.807) is 0 Å². The second-order valence-corrected chi connectivity index (χ2v) is 8.85. The predicted molar refractivity (Wildman–Crippen MR) is 99.2 cm³/mol. The highest BCUT2D eigenvalue weighted by Crippen LogP contribution is 2.44. The fraction of sp³-hybridized carbons (Fsp3) is 0.952. The molecule has 0 saturated heterocycles. The molecule has 0 fully saturated rings. The van der Waals surface area contributed by atoms with Gasteiger partial charge in [0.25, 0.3) is 0 Å². The van der Waals surface area contributed by atoms with Crippen molar-refractivity contribution in [2.75, 3.05) is 0 Å². The normalized spacial score (nSPS) is 17.5. The van der Waals surface area contributed by atoms with Crippen LogP contribution in [0.4, 0.5) is 0 Å². The molecule has 132 valence electrons. The second-order valence-electron chi connectivity index (χ2n) is 8.85. The number of hydrogen-bond donors (Lipinski definition) is 0. The van der Waals surface area contributed by atoms with Crippen LogP contribution in [0.3, 0.4) is 0 Å². The Kier molecular flexibility index (Phi) is 9.58. The monoisotopic (exact) mass is 310 g/mol. The molecule has 0 amide bonds. The first-order valence-corrected chi connectivity index (χ1v) is 9.66. The molecular formula is C21H42O. The summed E-state index contributed by atoms with van der Waals surface area (Å²) in [5.41, 5.74) is -0.275. The van der Waals surface area contributed by atoms with Gasteiger partial charge in [0.2, 0.25) is 0 Å². The lowest BCUT2D eigenvalue weighted by Crippen LogP contribution is -2.42. The van der Waals surface area contributed by atoms with Crippen molar-refractivity contribution in [3.8, 4) is 0 Å². The summed E-state index contributed by atoms with van der Waals surface area (Å²) in [4.78, 5) is 13.6. The largest absolute Gasteiger partial charge is 0.298 e. The Morgan fingerprint density at radius 3 is 1.32 bits per heavy atom. The molecule has 0 aliphatic heterocycles. The van der Waals surface area contributed by atoms with Crippen molar-refractivity contribution in [1.82, 2.24) is 0 Å². The van der Waals surface area contributed by atoms with E-state index in [0.717, 1.165) is 25.7 Å². The molecule has 0 bridgehead atoms. The third-order valence-electron chi connectivity index (χ3n) is 4.98. The van der Waals surface area contributed by atoms with E-state index in [2.05, 4.69) is 55.4 Å². The van der Waals surface area contributed by atoms with Crippen LogP contribution in [0.5, 0.6) is 0 Å². The zero-order chi connectivity index (χ0) is 17.4. The molecule has 0 heterocycles. The standard InChI is InChI=1S/C21H42O/c1-9-11-13-20(7,15-17(3)4)19(22)21(8,14-12-10-2)16-18(5)6/h17-18H,9-16H2,1-8H3. The minimum Gasteiger partial charge on any atom is -0.298 e. The van der Waals surface area contributed by atoms with Crippen LogP contribution in [0, 0.1) is 22.7 Å². The Morgan fingerprint density at radius 2 is 1.09 bits per heavy atom. The van der Waals surface area contributed by atoms with Crippen molar-refractivity contribution in [2.45, 2.75) is 107 Å². The number of carbonyl (C=O) groups excluding carboxylic acids is 1. The Morgan fingerprint density at radius 1 is 0.773 bits per heavy atom. The van der Waals surface area contributed by atoms with Crippen LogP contribution in [0.15, 0.2) is 0 Å². The smallest absolute Gasteiger partial charge is 0.144 e. The lowest BCUT2D eigenvalue weighted by Gasteiger charge is -2.40. The van der Waals surface area contributed by atoms with Crippen LogP contribution in [0.25, 0.3) is 0 Å². The minimum absolute atomic E-state index is 0.137. The molecule has 0 aromatic heterocycles. The van der Waals surface area contributed by atoms with E-state index >= 15 is 0 Å². The molecular weight excluding hydrogens is 268 g/mol. The second kappa shape index (κ2) is 9.73. The molecule has 2 unspecified atom stereocenters. The van der Waals surface area contributed by atoms with Crippen LogP contribution >= 0.6 is 0 Å². The summed E-state index contributed by atoms with van der Waals surface area (Å²) in [5.74, 6) is 1.71. The van der Waals surface area contributed by atoms with Gasteiger partial charge in [0, 0.05) is 10.8 Å². The number of Topliss-reactive ketones (excluding diaryl/α,β-unsaturated/α-hetero) is 1. The Labute approximate surface area is 140 Å². The van der Waals surface area contributed by atoms with Crippen molar-refractivity contribution >= 4 is 5.78 Å². The average Bonchev–Trinajstić information content (AvgIpc) is 2.40. The van der Waals surface area contributed by atoms with Gasteiger partial charge in [0.1, 0.15) is 5.78 Å². The number of unbranched alkanes of at least 4 members (excludes halogenated alkanes) is 2. The Hall–Kier alpha value is -0.330. The highest BCUT2D eigenvalue weighted by molar-refractivity contribution is 5.89. The molecule has 22 heavy (non-hydrogen) atoms. The van der Waals surface area contributed by atoms with Gasteiger partial charge in [0.05, 0.1) is 0 Å². The average molecular weight is 311 g/mol. The van der Waals surface area contributed by atoms with Gasteiger partial charge in [-0.1, -0.05) is 81.1 Å². The molecule has 0 aliphatic rings. The van der Waals surface area contributed by atoms with Crippen LogP contribution in [0.1, 0.15) is 107 Å². The van der Waals surface area contributed by atoms with Gasteiger partial charge in [-0.2, -0.15) is 0 Å². The molecule has 0 aliphatic carbocycles. The van der Waals surface area contributed by atoms with E-state index in [0.29, 0.717) is 17.6 Å². The molecule has 1 heteroatoms. The van der Waals surface area contributed by atoms with Crippen molar-refractivity contribution in [3.63, 3.8) is 0 Å². The summed E-state index contributed by atoms with van der Waals surface area (Å²) >= 11 is 0. The molecule has 1 nitrogen and oxygen atoms in total. The topological polar surface area (TPSA) is 17.1 Å². The fourth-order valence-corrected chi connectivity index (χ4v) is 4.28. The zero-order valence-corrected chi connectivity index (χ0v) is 16.7. The molecule has 0 N–H and O–H groups in total. The molecule has 0 spiro atoms. The molecule has 0 radical (unpaired) electrons. The fourth-order valence-electron chi connectivity index (χ4n) is 4.28. The zero-order valence-electron chi connectivity index (χ0n) is 16.7. The van der Waals surface area contributed by atoms with Crippen LogP contribution in [-0.2, 0) is 4.79 Å². The molecule has 0 aromatic rings. The molecule has 0 rings (SSSR count). The molecule has 0 saturated carbocycles. The van der Waals surface area contributed by atoms with Crippen molar-refractivity contribution in [2.24, 2.45) is 22.7 Å². The van der Waals surface area contributed by atoms with E-state index in [4.69, 9.17) is 0 Å². The number of ketones is 1. The van der Waals surface area contributed by atoms with E-state index in [1.165, 1.54) is 25.7 Å². The Balaban J connectivity index is 5.39. The van der Waals surface area contributed by atoms with Gasteiger partial charge < -0.3 is 0 Å². The Bertz CT molecular complexity index is 288. The first kappa shape index (κ1) is 21.7. The minimum atomic E-state index is -0.137. The quantitative estimate of drug-likeness (QED) is 0.378. The molecule has 2 atom stereocenters. The lowest BCUT2D eigenvalue weighted by atomic mass is 9.62. The maximum Gasteiger partial charge on any atom is 0.144 e. The van der Waals surface area contributed by atoms with E-state index in [9.17, 15) is 4.79 Å². The first-order valence-electron chi connectivity index (χ1n) is 9.66. The van der Waals surface area contributed by atoms with Gasteiger partial charge in [0.15, 0.2) is 0 Å². The highest BCUT2D eigenvalue weighted by atomic mass is 16.1. The van der Waals surface area contributed by atoms with Crippen molar-refractivity contribution in [3.05, 3.63) is 0 Å². The van der Waals surface area contributed by atoms with Gasteiger partial charge in [-0.05, 0) is 37.5 Å². The highest BCUT2D eigenvalue weighted by Gasteiger charge is 2.44. The molecule has 0 aromatic carbocycles. The van der Waals surface area contributed by atoms with Gasteiger partial charge in [-0.15, -0.1) is 0 Å². The summed E-state index contributed by atoms with van der Waals surface area (Å²) in [6.07, 6.45) is 8.87. The van der Waals surface area contributed by atoms with Crippen LogP contribution < -0.4 is 0 Å². The third kappa shape index (κ3) is 6.84. The maximum absolute atomic E-state index is 13.6. The summed E-state index contributed by atoms with van der Waals surface area (Å²) in [6.45, 7) is 18.0. The maximum atomic E-state index is 13.6. The third-order valence-corrected chi connectivity index (χ3v) is 4.98. The summed E-state index contributed by atoms with van der Waals surface area (Å²) in [6, 6.07) is 0. The lowest BCUT2D eigenvalue weighted by molar-refractivity contribution is -0.140. The van der Waals surface area contributed by atoms with Crippen molar-refractivity contribution in [1.29, 1.82) is 0 Å². The summed E-state index contributed by atoms with van der Waals surface area (Å²) in [5, 5.41) is 0. The van der Waals surface area contributed by atoms with E-state index in [1.807, 2.05) is 0 Å². The van der Waals surface area contributed by atoms with Gasteiger partial charge in [-0.3, -0.25) is 4.79 Å².